The van der Waals surface area contributed by atoms with E-state index in [1.54, 1.807) is 0 Å². The summed E-state index contributed by atoms with van der Waals surface area (Å²) in [5.41, 5.74) is 4.43. The lowest BCUT2D eigenvalue weighted by Crippen LogP contribution is -2.55. The van der Waals surface area contributed by atoms with E-state index >= 15 is 0 Å². The van der Waals surface area contributed by atoms with Crippen LogP contribution in [0.5, 0.6) is 0 Å². The number of hydrogen-bond acceptors (Lipinski definition) is 4. The van der Waals surface area contributed by atoms with Crippen LogP contribution < -0.4 is 5.32 Å². The highest BCUT2D eigenvalue weighted by Gasteiger charge is 2.44. The molecule has 2 N–H and O–H groups in total. The van der Waals surface area contributed by atoms with E-state index in [0.29, 0.717) is 5.92 Å². The number of hydrogen-bond donors (Lipinski definition) is 2. The Kier molecular flexibility index (Phi) is 6.02. The summed E-state index contributed by atoms with van der Waals surface area (Å²) in [6.07, 6.45) is 2.49. The molecule has 7 heteroatoms. The van der Waals surface area contributed by atoms with Crippen LogP contribution in [-0.4, -0.2) is 52.7 Å². The highest BCUT2D eigenvalue weighted by molar-refractivity contribution is 5.90. The van der Waals surface area contributed by atoms with Gasteiger partial charge in [0, 0.05) is 18.0 Å². The summed E-state index contributed by atoms with van der Waals surface area (Å²) in [6, 6.07) is 15.2. The van der Waals surface area contributed by atoms with Crippen molar-refractivity contribution in [3.63, 3.8) is 0 Å². The van der Waals surface area contributed by atoms with E-state index in [1.165, 1.54) is 0 Å². The van der Waals surface area contributed by atoms with E-state index < -0.39 is 24.5 Å². The van der Waals surface area contributed by atoms with Crippen LogP contribution in [0, 0.1) is 5.92 Å². The Labute approximate surface area is 199 Å². The minimum absolute atomic E-state index is 0.105. The summed E-state index contributed by atoms with van der Waals surface area (Å²) in [5.74, 6) is -0.994. The van der Waals surface area contributed by atoms with Crippen molar-refractivity contribution in [1.29, 1.82) is 0 Å². The topological polar surface area (TPSA) is 95.9 Å². The van der Waals surface area contributed by atoms with Gasteiger partial charge in [-0.3, -0.25) is 9.59 Å². The highest BCUT2D eigenvalue weighted by atomic mass is 16.5. The number of nitrogens with zero attached hydrogens (tertiary/aromatic N) is 1. The van der Waals surface area contributed by atoms with Gasteiger partial charge < -0.3 is 20.1 Å². The van der Waals surface area contributed by atoms with Crippen LogP contribution in [0.2, 0.25) is 0 Å². The summed E-state index contributed by atoms with van der Waals surface area (Å²) < 4.78 is 5.56. The number of aliphatic carboxylic acids is 1. The number of nitrogens with one attached hydrogen (secondary N) is 1. The lowest BCUT2D eigenvalue weighted by Gasteiger charge is -2.39. The Morgan fingerprint density at radius 2 is 1.56 bits per heavy atom. The smallest absolute Gasteiger partial charge is 0.407 e. The molecule has 2 heterocycles. The van der Waals surface area contributed by atoms with E-state index in [9.17, 15) is 19.5 Å². The van der Waals surface area contributed by atoms with E-state index in [2.05, 4.69) is 24.4 Å². The summed E-state index contributed by atoms with van der Waals surface area (Å²) in [4.78, 5) is 39.4. The number of piperidine rings is 1. The fraction of sp³-hybridized carbons (Fsp3) is 0.444. The minimum Gasteiger partial charge on any atom is -0.481 e. The number of carboxylic acid groups (broad SMARTS) is 1. The largest absolute Gasteiger partial charge is 0.481 e. The van der Waals surface area contributed by atoms with Gasteiger partial charge in [0.1, 0.15) is 12.6 Å². The molecule has 3 aliphatic rings. The van der Waals surface area contributed by atoms with Gasteiger partial charge in [0.2, 0.25) is 5.91 Å². The fourth-order valence-electron chi connectivity index (χ4n) is 6.15. The zero-order chi connectivity index (χ0) is 23.8. The van der Waals surface area contributed by atoms with E-state index in [-0.39, 0.29) is 30.5 Å². The molecule has 2 fully saturated rings. The number of benzene rings is 2. The summed E-state index contributed by atoms with van der Waals surface area (Å²) in [7, 11) is 0. The summed E-state index contributed by atoms with van der Waals surface area (Å²) in [5, 5.41) is 12.0. The van der Waals surface area contributed by atoms with Crippen molar-refractivity contribution in [2.75, 3.05) is 6.61 Å². The van der Waals surface area contributed by atoms with Gasteiger partial charge in [0.25, 0.3) is 0 Å². The quantitative estimate of drug-likeness (QED) is 0.672. The third kappa shape index (κ3) is 4.15. The van der Waals surface area contributed by atoms with Gasteiger partial charge in [0.05, 0.1) is 6.42 Å². The van der Waals surface area contributed by atoms with Crippen LogP contribution in [0.3, 0.4) is 0 Å². The number of ether oxygens (including phenoxy) is 1. The lowest BCUT2D eigenvalue weighted by atomic mass is 9.91. The monoisotopic (exact) mass is 462 g/mol. The van der Waals surface area contributed by atoms with Crippen LogP contribution >= 0.6 is 0 Å². The molecule has 3 atom stereocenters. The first kappa shape index (κ1) is 22.4. The van der Waals surface area contributed by atoms with E-state index in [1.807, 2.05) is 41.3 Å². The summed E-state index contributed by atoms with van der Waals surface area (Å²) >= 11 is 0. The normalized spacial score (nSPS) is 23.7. The molecule has 0 spiro atoms. The average Bonchev–Trinajstić information content (AvgIpc) is 3.28. The molecule has 1 aliphatic carbocycles. The molecule has 2 aliphatic heterocycles. The molecule has 5 rings (SSSR count). The predicted molar refractivity (Wildman–Crippen MR) is 126 cm³/mol. The molecule has 0 radical (unpaired) electrons. The lowest BCUT2D eigenvalue weighted by molar-refractivity contribution is -0.145. The predicted octanol–water partition coefficient (Wildman–Crippen LogP) is 4.16. The molecule has 178 valence electrons. The third-order valence-corrected chi connectivity index (χ3v) is 7.54. The van der Waals surface area contributed by atoms with E-state index in [4.69, 9.17) is 4.74 Å². The maximum absolute atomic E-state index is 13.3. The highest BCUT2D eigenvalue weighted by Crippen LogP contribution is 2.44. The van der Waals surface area contributed by atoms with Crippen molar-refractivity contribution in [1.82, 2.24) is 10.2 Å². The Balaban J connectivity index is 1.27. The minimum atomic E-state index is -1.13. The molecule has 2 amide bonds. The third-order valence-electron chi connectivity index (χ3n) is 7.54. The van der Waals surface area contributed by atoms with Gasteiger partial charge in [0.15, 0.2) is 0 Å². The van der Waals surface area contributed by atoms with E-state index in [0.717, 1.165) is 47.9 Å². The molecule has 2 aromatic rings. The van der Waals surface area contributed by atoms with Crippen molar-refractivity contribution in [2.45, 2.75) is 63.1 Å². The second-order valence-electron chi connectivity index (χ2n) is 9.83. The Bertz CT molecular complexity index is 1060. The fourth-order valence-corrected chi connectivity index (χ4v) is 6.15. The number of carboxylic acids is 1. The number of amides is 2. The van der Waals surface area contributed by atoms with Gasteiger partial charge in [-0.15, -0.1) is 0 Å². The SMILES string of the molecule is CC1CC2CCC(C1)N2C(=O)C(CC(=O)O)NC(=O)OCC1c2ccccc2-c2ccccc21. The summed E-state index contributed by atoms with van der Waals surface area (Å²) in [6.45, 7) is 2.30. The zero-order valence-corrected chi connectivity index (χ0v) is 19.3. The van der Waals surface area contributed by atoms with Crippen LogP contribution in [0.15, 0.2) is 48.5 Å². The Morgan fingerprint density at radius 1 is 1.00 bits per heavy atom. The number of rotatable bonds is 6. The maximum Gasteiger partial charge on any atom is 0.407 e. The van der Waals surface area contributed by atoms with Crippen LogP contribution in [0.4, 0.5) is 4.79 Å². The number of fused-ring (bicyclic) bond motifs is 5. The van der Waals surface area contributed by atoms with Gasteiger partial charge in [-0.05, 0) is 53.9 Å². The molecule has 34 heavy (non-hydrogen) atoms. The molecule has 3 unspecified atom stereocenters. The molecule has 7 nitrogen and oxygen atoms in total. The van der Waals surface area contributed by atoms with Gasteiger partial charge in [-0.25, -0.2) is 4.79 Å². The number of alkyl carbamates (subject to hydrolysis) is 1. The second kappa shape index (κ2) is 9.12. The Morgan fingerprint density at radius 3 is 2.12 bits per heavy atom. The molecule has 2 aromatic carbocycles. The zero-order valence-electron chi connectivity index (χ0n) is 19.3. The van der Waals surface area contributed by atoms with Crippen molar-refractivity contribution in [3.8, 4) is 11.1 Å². The van der Waals surface area contributed by atoms with Crippen molar-refractivity contribution < 1.29 is 24.2 Å². The first-order valence-electron chi connectivity index (χ1n) is 12.1. The number of carbonyl (C=O) groups excluding carboxylic acids is 2. The van der Waals surface area contributed by atoms with Gasteiger partial charge >= 0.3 is 12.1 Å². The molecular weight excluding hydrogens is 432 g/mol. The maximum atomic E-state index is 13.3. The molecule has 0 aromatic heterocycles. The van der Waals surface area contributed by atoms with Gasteiger partial charge in [-0.1, -0.05) is 55.5 Å². The number of carbonyl (C=O) groups is 3. The first-order chi connectivity index (χ1) is 16.4. The van der Waals surface area contributed by atoms with Gasteiger partial charge in [-0.2, -0.15) is 0 Å². The van der Waals surface area contributed by atoms with Crippen LogP contribution in [-0.2, 0) is 14.3 Å². The molecule has 2 saturated heterocycles. The van der Waals surface area contributed by atoms with Crippen LogP contribution in [0.25, 0.3) is 11.1 Å². The molecule has 2 bridgehead atoms. The second-order valence-corrected chi connectivity index (χ2v) is 9.83. The van der Waals surface area contributed by atoms with Crippen molar-refractivity contribution in [3.05, 3.63) is 59.7 Å². The average molecular weight is 463 g/mol. The van der Waals surface area contributed by atoms with Crippen LogP contribution in [0.1, 0.15) is 56.1 Å². The first-order valence-corrected chi connectivity index (χ1v) is 12.1. The standard InChI is InChI=1S/C27H30N2O5/c1-16-12-17-10-11-18(13-16)29(17)26(32)24(14-25(30)31)28-27(33)34-15-23-21-8-4-2-6-19(21)20-7-3-5-9-22(20)23/h2-9,16-18,23-24H,10-15H2,1H3,(H,28,33)(H,30,31). The van der Waals surface area contributed by atoms with Crippen molar-refractivity contribution in [2.24, 2.45) is 5.92 Å². The molecular formula is C27H30N2O5. The van der Waals surface area contributed by atoms with Crippen molar-refractivity contribution >= 4 is 18.0 Å². The molecule has 0 saturated carbocycles. The Hall–Kier alpha value is -3.35.